The van der Waals surface area contributed by atoms with Crippen LogP contribution in [0.2, 0.25) is 0 Å². The average molecular weight is 241 g/mol. The van der Waals surface area contributed by atoms with Crippen LogP contribution in [0.1, 0.15) is 25.8 Å². The van der Waals surface area contributed by atoms with Crippen molar-refractivity contribution >= 4 is 6.08 Å². The fourth-order valence-electron chi connectivity index (χ4n) is 1.40. The van der Waals surface area contributed by atoms with E-state index in [4.69, 9.17) is 0 Å². The van der Waals surface area contributed by atoms with Gasteiger partial charge in [-0.1, -0.05) is 19.9 Å². The molecule has 0 fully saturated rings. The molecule has 0 atom stereocenters. The second kappa shape index (κ2) is 5.52. The quantitative estimate of drug-likeness (QED) is 0.596. The summed E-state index contributed by atoms with van der Waals surface area (Å²) in [6.07, 6.45) is 1.55. The van der Waals surface area contributed by atoms with Crippen LogP contribution in [0.3, 0.4) is 0 Å². The molecule has 0 saturated carbocycles. The molecule has 0 aliphatic heterocycles. The number of benzene rings is 1. The maximum Gasteiger partial charge on any atom is 0.247 e. The molecule has 1 rings (SSSR count). The molecular weight excluding hydrogens is 228 g/mol. The molecule has 0 saturated heterocycles. The zero-order valence-corrected chi connectivity index (χ0v) is 9.61. The van der Waals surface area contributed by atoms with Crippen molar-refractivity contribution in [3.63, 3.8) is 0 Å². The van der Waals surface area contributed by atoms with E-state index in [1.807, 2.05) is 13.8 Å². The first kappa shape index (κ1) is 13.3. The van der Waals surface area contributed by atoms with E-state index in [2.05, 4.69) is 0 Å². The second-order valence-corrected chi connectivity index (χ2v) is 4.16. The predicted molar refractivity (Wildman–Crippen MR) is 60.8 cm³/mol. The van der Waals surface area contributed by atoms with Crippen molar-refractivity contribution in [2.75, 3.05) is 0 Å². The van der Waals surface area contributed by atoms with Crippen LogP contribution in [0.4, 0.5) is 8.78 Å². The van der Waals surface area contributed by atoms with Gasteiger partial charge in [-0.3, -0.25) is 10.1 Å². The minimum atomic E-state index is -1.01. The first-order chi connectivity index (χ1) is 7.90. The SMILES string of the molecule is CC(C)CC(=Cc1ccc(F)c(F)c1)[N+](=O)[O-]. The molecule has 0 N–H and O–H groups in total. The predicted octanol–water partition coefficient (Wildman–Crippen LogP) is 3.63. The van der Waals surface area contributed by atoms with Crippen LogP contribution >= 0.6 is 0 Å². The Hall–Kier alpha value is -1.78. The van der Waals surface area contributed by atoms with Crippen molar-refractivity contribution in [2.45, 2.75) is 20.3 Å². The standard InChI is InChI=1S/C12H13F2NO2/c1-8(2)5-10(15(16)17)6-9-3-4-11(13)12(14)7-9/h3-4,6-8H,5H2,1-2H3. The highest BCUT2D eigenvalue weighted by atomic mass is 19.2. The molecule has 3 nitrogen and oxygen atoms in total. The largest absolute Gasteiger partial charge is 0.259 e. The highest BCUT2D eigenvalue weighted by molar-refractivity contribution is 5.51. The molecule has 0 aliphatic rings. The zero-order chi connectivity index (χ0) is 13.0. The van der Waals surface area contributed by atoms with Crippen molar-refractivity contribution < 1.29 is 13.7 Å². The zero-order valence-electron chi connectivity index (χ0n) is 9.61. The van der Waals surface area contributed by atoms with Gasteiger partial charge in [0.1, 0.15) is 0 Å². The lowest BCUT2D eigenvalue weighted by Gasteiger charge is -2.02. The Morgan fingerprint density at radius 3 is 2.53 bits per heavy atom. The summed E-state index contributed by atoms with van der Waals surface area (Å²) in [6, 6.07) is 3.20. The molecule has 0 spiro atoms. The number of rotatable bonds is 4. The molecular formula is C12H13F2NO2. The van der Waals surface area contributed by atoms with E-state index >= 15 is 0 Å². The summed E-state index contributed by atoms with van der Waals surface area (Å²) in [4.78, 5) is 10.3. The van der Waals surface area contributed by atoms with Gasteiger partial charge >= 0.3 is 0 Å². The third kappa shape index (κ3) is 3.94. The van der Waals surface area contributed by atoms with Crippen molar-refractivity contribution in [1.29, 1.82) is 0 Å². The van der Waals surface area contributed by atoms with Gasteiger partial charge in [-0.15, -0.1) is 0 Å². The van der Waals surface area contributed by atoms with E-state index in [-0.39, 0.29) is 23.6 Å². The number of hydrogen-bond donors (Lipinski definition) is 0. The monoisotopic (exact) mass is 241 g/mol. The van der Waals surface area contributed by atoms with Gasteiger partial charge in [-0.2, -0.15) is 0 Å². The van der Waals surface area contributed by atoms with Crippen LogP contribution in [0.15, 0.2) is 23.9 Å². The molecule has 1 aromatic rings. The number of hydrogen-bond acceptors (Lipinski definition) is 2. The van der Waals surface area contributed by atoms with E-state index in [0.29, 0.717) is 0 Å². The summed E-state index contributed by atoms with van der Waals surface area (Å²) in [5.74, 6) is -1.85. The van der Waals surface area contributed by atoms with Crippen LogP contribution in [0.25, 0.3) is 6.08 Å². The minimum Gasteiger partial charge on any atom is -0.259 e. The Morgan fingerprint density at radius 2 is 2.06 bits per heavy atom. The average Bonchev–Trinajstić information content (AvgIpc) is 2.21. The molecule has 1 aromatic carbocycles. The molecule has 0 aliphatic carbocycles. The normalized spacial score (nSPS) is 11.9. The summed E-state index contributed by atoms with van der Waals surface area (Å²) in [7, 11) is 0. The summed E-state index contributed by atoms with van der Waals surface area (Å²) in [6.45, 7) is 3.70. The summed E-state index contributed by atoms with van der Waals surface area (Å²) < 4.78 is 25.6. The highest BCUT2D eigenvalue weighted by Crippen LogP contribution is 2.17. The fourth-order valence-corrected chi connectivity index (χ4v) is 1.40. The van der Waals surface area contributed by atoms with E-state index in [9.17, 15) is 18.9 Å². The summed E-state index contributed by atoms with van der Waals surface area (Å²) in [5.41, 5.74) is 0.280. The van der Waals surface area contributed by atoms with Crippen molar-refractivity contribution in [3.8, 4) is 0 Å². The smallest absolute Gasteiger partial charge is 0.247 e. The van der Waals surface area contributed by atoms with Crippen molar-refractivity contribution in [3.05, 3.63) is 51.2 Å². The Labute approximate surface area is 97.9 Å². The fraction of sp³-hybridized carbons (Fsp3) is 0.333. The molecule has 0 bridgehead atoms. The molecule has 0 heterocycles. The van der Waals surface area contributed by atoms with Gasteiger partial charge in [0, 0.05) is 12.5 Å². The van der Waals surface area contributed by atoms with Crippen LogP contribution in [0, 0.1) is 27.7 Å². The van der Waals surface area contributed by atoms with Crippen LogP contribution in [0.5, 0.6) is 0 Å². The second-order valence-electron chi connectivity index (χ2n) is 4.16. The molecule has 0 amide bonds. The van der Waals surface area contributed by atoms with E-state index in [1.165, 1.54) is 12.1 Å². The minimum absolute atomic E-state index is 0.00833. The van der Waals surface area contributed by atoms with E-state index < -0.39 is 16.6 Å². The molecule has 92 valence electrons. The topological polar surface area (TPSA) is 43.1 Å². The first-order valence-electron chi connectivity index (χ1n) is 5.20. The highest BCUT2D eigenvalue weighted by Gasteiger charge is 2.13. The Bertz CT molecular complexity index is 456. The lowest BCUT2D eigenvalue weighted by molar-refractivity contribution is -0.427. The number of allylic oxidation sites excluding steroid dienone is 1. The van der Waals surface area contributed by atoms with Crippen LogP contribution in [-0.4, -0.2) is 4.92 Å². The van der Waals surface area contributed by atoms with E-state index in [0.717, 1.165) is 12.1 Å². The number of halogens is 2. The third-order valence-corrected chi connectivity index (χ3v) is 2.13. The molecule has 17 heavy (non-hydrogen) atoms. The number of nitro groups is 1. The van der Waals surface area contributed by atoms with Gasteiger partial charge in [-0.25, -0.2) is 8.78 Å². The van der Waals surface area contributed by atoms with Gasteiger partial charge < -0.3 is 0 Å². The molecule has 5 heteroatoms. The summed E-state index contributed by atoms with van der Waals surface area (Å²) in [5, 5.41) is 10.8. The summed E-state index contributed by atoms with van der Waals surface area (Å²) >= 11 is 0. The van der Waals surface area contributed by atoms with Gasteiger partial charge in [0.25, 0.3) is 0 Å². The molecule has 0 unspecified atom stereocenters. The Balaban J connectivity index is 3.04. The third-order valence-electron chi connectivity index (χ3n) is 2.13. The van der Waals surface area contributed by atoms with Crippen LogP contribution < -0.4 is 0 Å². The van der Waals surface area contributed by atoms with Gasteiger partial charge in [0.2, 0.25) is 5.70 Å². The van der Waals surface area contributed by atoms with E-state index in [1.54, 1.807) is 0 Å². The van der Waals surface area contributed by atoms with Crippen molar-refractivity contribution in [2.24, 2.45) is 5.92 Å². The van der Waals surface area contributed by atoms with Crippen LogP contribution in [-0.2, 0) is 0 Å². The number of nitrogens with zero attached hydrogens (tertiary/aromatic N) is 1. The van der Waals surface area contributed by atoms with Gasteiger partial charge in [-0.05, 0) is 23.6 Å². The maximum atomic E-state index is 12.9. The van der Waals surface area contributed by atoms with Gasteiger partial charge in [0.15, 0.2) is 11.6 Å². The molecule has 0 aromatic heterocycles. The first-order valence-corrected chi connectivity index (χ1v) is 5.20. The lowest BCUT2D eigenvalue weighted by Crippen LogP contribution is -2.02. The maximum absolute atomic E-state index is 12.9. The van der Waals surface area contributed by atoms with Crippen molar-refractivity contribution in [1.82, 2.24) is 0 Å². The Kier molecular flexibility index (Phi) is 4.31. The lowest BCUT2D eigenvalue weighted by atomic mass is 10.1. The molecule has 0 radical (unpaired) electrons. The Morgan fingerprint density at radius 1 is 1.41 bits per heavy atom. The van der Waals surface area contributed by atoms with Gasteiger partial charge in [0.05, 0.1) is 4.92 Å².